The minimum atomic E-state index is -0.238. The van der Waals surface area contributed by atoms with Gasteiger partial charge in [0.2, 0.25) is 0 Å². The van der Waals surface area contributed by atoms with E-state index in [4.69, 9.17) is 0 Å². The molecular formula is C21H25N7O. The van der Waals surface area contributed by atoms with E-state index in [2.05, 4.69) is 30.6 Å². The van der Waals surface area contributed by atoms with Crippen LogP contribution in [-0.2, 0) is 7.05 Å². The van der Waals surface area contributed by atoms with E-state index in [1.54, 1.807) is 17.1 Å². The highest BCUT2D eigenvalue weighted by molar-refractivity contribution is 6.07. The molecule has 1 aromatic carbocycles. The monoisotopic (exact) mass is 391 g/mol. The van der Waals surface area contributed by atoms with E-state index in [9.17, 15) is 4.79 Å². The van der Waals surface area contributed by atoms with Gasteiger partial charge in [0.25, 0.3) is 5.91 Å². The van der Waals surface area contributed by atoms with Crippen LogP contribution in [0.15, 0.2) is 30.7 Å². The highest BCUT2D eigenvalue weighted by atomic mass is 16.1. The zero-order chi connectivity index (χ0) is 20.0. The lowest BCUT2D eigenvalue weighted by atomic mass is 10.1. The second-order valence-corrected chi connectivity index (χ2v) is 8.08. The average Bonchev–Trinajstić information content (AvgIpc) is 3.26. The van der Waals surface area contributed by atoms with Gasteiger partial charge in [0, 0.05) is 61.9 Å². The Morgan fingerprint density at radius 2 is 1.97 bits per heavy atom. The molecule has 2 aromatic heterocycles. The molecule has 2 aliphatic rings. The van der Waals surface area contributed by atoms with E-state index in [1.165, 1.54) is 12.8 Å². The highest BCUT2D eigenvalue weighted by Crippen LogP contribution is 2.27. The van der Waals surface area contributed by atoms with Crippen LogP contribution in [-0.4, -0.2) is 50.8 Å². The summed E-state index contributed by atoms with van der Waals surface area (Å²) in [4.78, 5) is 24.1. The predicted molar refractivity (Wildman–Crippen MR) is 112 cm³/mol. The molecule has 3 aromatic rings. The first-order chi connectivity index (χ1) is 14.1. The Bertz CT molecular complexity index is 1070. The van der Waals surface area contributed by atoms with Crippen molar-refractivity contribution in [1.82, 2.24) is 25.1 Å². The van der Waals surface area contributed by atoms with Crippen molar-refractivity contribution in [3.05, 3.63) is 42.0 Å². The molecule has 1 amide bonds. The van der Waals surface area contributed by atoms with E-state index in [0.717, 1.165) is 41.7 Å². The first kappa shape index (κ1) is 18.1. The Kier molecular flexibility index (Phi) is 4.43. The molecule has 2 N–H and O–H groups in total. The predicted octanol–water partition coefficient (Wildman–Crippen LogP) is 2.25. The maximum absolute atomic E-state index is 13.1. The molecule has 1 saturated heterocycles. The Hall–Kier alpha value is -3.00. The number of amides is 1. The van der Waals surface area contributed by atoms with Crippen LogP contribution in [0.4, 0.5) is 11.5 Å². The van der Waals surface area contributed by atoms with Crippen LogP contribution in [0.5, 0.6) is 0 Å². The summed E-state index contributed by atoms with van der Waals surface area (Å²) >= 11 is 0. The number of hydrogen-bond acceptors (Lipinski definition) is 6. The topological polar surface area (TPSA) is 88.0 Å². The van der Waals surface area contributed by atoms with Gasteiger partial charge < -0.3 is 15.5 Å². The van der Waals surface area contributed by atoms with Gasteiger partial charge in [0.1, 0.15) is 0 Å². The summed E-state index contributed by atoms with van der Waals surface area (Å²) in [5, 5.41) is 12.1. The van der Waals surface area contributed by atoms with Crippen molar-refractivity contribution < 1.29 is 4.79 Å². The standard InChI is InChI=1S/C21H25N7O/c1-13-9-18-14(11-27(2)26-18)10-17(13)25-21(29)19-20(23-7-6-22-19)28-8-5-16(12-28)24-15-3-4-15/h6-7,9-11,15-16,24H,3-5,8,12H2,1-2H3,(H,25,29). The second-order valence-electron chi connectivity index (χ2n) is 8.08. The number of aromatic nitrogens is 4. The number of hydrogen-bond donors (Lipinski definition) is 2. The minimum absolute atomic E-state index is 0.238. The van der Waals surface area contributed by atoms with Crippen LogP contribution in [0.3, 0.4) is 0 Å². The van der Waals surface area contributed by atoms with E-state index >= 15 is 0 Å². The van der Waals surface area contributed by atoms with Gasteiger partial charge in [-0.2, -0.15) is 5.10 Å². The number of anilines is 2. The Morgan fingerprint density at radius 3 is 2.79 bits per heavy atom. The number of aryl methyl sites for hydroxylation is 2. The lowest BCUT2D eigenvalue weighted by Crippen LogP contribution is -2.34. The normalized spacial score (nSPS) is 19.1. The molecule has 8 heteroatoms. The van der Waals surface area contributed by atoms with Crippen molar-refractivity contribution in [1.29, 1.82) is 0 Å². The first-order valence-corrected chi connectivity index (χ1v) is 10.1. The van der Waals surface area contributed by atoms with Crippen LogP contribution >= 0.6 is 0 Å². The largest absolute Gasteiger partial charge is 0.353 e. The molecule has 1 atom stereocenters. The van der Waals surface area contributed by atoms with Crippen LogP contribution < -0.4 is 15.5 Å². The van der Waals surface area contributed by atoms with Crippen molar-refractivity contribution >= 4 is 28.3 Å². The fourth-order valence-electron chi connectivity index (χ4n) is 4.01. The van der Waals surface area contributed by atoms with Gasteiger partial charge >= 0.3 is 0 Å². The summed E-state index contributed by atoms with van der Waals surface area (Å²) in [5.74, 6) is 0.420. The molecule has 8 nitrogen and oxygen atoms in total. The highest BCUT2D eigenvalue weighted by Gasteiger charge is 2.31. The zero-order valence-corrected chi connectivity index (χ0v) is 16.7. The number of fused-ring (bicyclic) bond motifs is 1. The fourth-order valence-corrected chi connectivity index (χ4v) is 4.01. The molecule has 1 aliphatic carbocycles. The first-order valence-electron chi connectivity index (χ1n) is 10.1. The van der Waals surface area contributed by atoms with Gasteiger partial charge in [0.05, 0.1) is 5.52 Å². The molecular weight excluding hydrogens is 366 g/mol. The second kappa shape index (κ2) is 7.11. The van der Waals surface area contributed by atoms with Crippen molar-refractivity contribution in [3.8, 4) is 0 Å². The van der Waals surface area contributed by atoms with Crippen molar-refractivity contribution in [3.63, 3.8) is 0 Å². The van der Waals surface area contributed by atoms with Gasteiger partial charge in [-0.3, -0.25) is 9.48 Å². The molecule has 29 heavy (non-hydrogen) atoms. The molecule has 150 valence electrons. The summed E-state index contributed by atoms with van der Waals surface area (Å²) in [6.07, 6.45) is 8.78. The summed E-state index contributed by atoms with van der Waals surface area (Å²) in [6.45, 7) is 3.70. The fraction of sp³-hybridized carbons (Fsp3) is 0.429. The number of nitrogens with zero attached hydrogens (tertiary/aromatic N) is 5. The van der Waals surface area contributed by atoms with E-state index in [1.807, 2.05) is 32.3 Å². The van der Waals surface area contributed by atoms with Crippen LogP contribution in [0.25, 0.3) is 10.9 Å². The molecule has 3 heterocycles. The molecule has 1 aliphatic heterocycles. The summed E-state index contributed by atoms with van der Waals surface area (Å²) in [5.41, 5.74) is 3.01. The minimum Gasteiger partial charge on any atom is -0.353 e. The Labute approximate surface area is 169 Å². The lowest BCUT2D eigenvalue weighted by molar-refractivity contribution is 0.102. The number of nitrogens with one attached hydrogen (secondary N) is 2. The van der Waals surface area contributed by atoms with Crippen molar-refractivity contribution in [2.75, 3.05) is 23.3 Å². The number of carbonyl (C=O) groups excluding carboxylic acids is 1. The molecule has 2 fully saturated rings. The molecule has 1 unspecified atom stereocenters. The van der Waals surface area contributed by atoms with Crippen LogP contribution in [0.2, 0.25) is 0 Å². The molecule has 5 rings (SSSR count). The van der Waals surface area contributed by atoms with Crippen molar-refractivity contribution in [2.45, 2.75) is 38.3 Å². The third kappa shape index (κ3) is 3.67. The van der Waals surface area contributed by atoms with E-state index in [0.29, 0.717) is 23.6 Å². The molecule has 0 bridgehead atoms. The Balaban J connectivity index is 1.37. The summed E-state index contributed by atoms with van der Waals surface area (Å²) in [6, 6.07) is 5.07. The van der Waals surface area contributed by atoms with E-state index in [-0.39, 0.29) is 5.91 Å². The smallest absolute Gasteiger partial charge is 0.278 e. The lowest BCUT2D eigenvalue weighted by Gasteiger charge is -2.20. The quantitative estimate of drug-likeness (QED) is 0.694. The SMILES string of the molecule is Cc1cc2nn(C)cc2cc1NC(=O)c1nccnc1N1CCC(NC2CC2)C1. The van der Waals surface area contributed by atoms with Gasteiger partial charge in [-0.15, -0.1) is 0 Å². The van der Waals surface area contributed by atoms with Gasteiger partial charge in [0.15, 0.2) is 11.5 Å². The van der Waals surface area contributed by atoms with Gasteiger partial charge in [-0.05, 0) is 43.9 Å². The molecule has 0 radical (unpaired) electrons. The summed E-state index contributed by atoms with van der Waals surface area (Å²) < 4.78 is 1.77. The van der Waals surface area contributed by atoms with Crippen molar-refractivity contribution in [2.24, 2.45) is 7.05 Å². The maximum atomic E-state index is 13.1. The average molecular weight is 391 g/mol. The molecule has 0 spiro atoms. The third-order valence-corrected chi connectivity index (χ3v) is 5.64. The number of benzene rings is 1. The summed E-state index contributed by atoms with van der Waals surface area (Å²) in [7, 11) is 1.89. The number of carbonyl (C=O) groups is 1. The number of rotatable bonds is 5. The Morgan fingerprint density at radius 1 is 1.14 bits per heavy atom. The van der Waals surface area contributed by atoms with Gasteiger partial charge in [-0.1, -0.05) is 0 Å². The molecule has 1 saturated carbocycles. The third-order valence-electron chi connectivity index (χ3n) is 5.64. The van der Waals surface area contributed by atoms with E-state index < -0.39 is 0 Å². The van der Waals surface area contributed by atoms with Gasteiger partial charge in [-0.25, -0.2) is 9.97 Å². The maximum Gasteiger partial charge on any atom is 0.278 e. The van der Waals surface area contributed by atoms with Crippen LogP contribution in [0, 0.1) is 6.92 Å². The van der Waals surface area contributed by atoms with Crippen LogP contribution in [0.1, 0.15) is 35.3 Å². The zero-order valence-electron chi connectivity index (χ0n) is 16.7.